The molecule has 1 aromatic heterocycles. The quantitative estimate of drug-likeness (QED) is 0.327. The third kappa shape index (κ3) is 4.19. The summed E-state index contributed by atoms with van der Waals surface area (Å²) in [5.74, 6) is -1.59. The summed E-state index contributed by atoms with van der Waals surface area (Å²) in [5.41, 5.74) is 3.83. The molecule has 33 heavy (non-hydrogen) atoms. The smallest absolute Gasteiger partial charge is 0.300 e. The van der Waals surface area contributed by atoms with Crippen molar-refractivity contribution in [1.82, 2.24) is 4.98 Å². The first kappa shape index (κ1) is 22.5. The zero-order valence-electron chi connectivity index (χ0n) is 19.4. The van der Waals surface area contributed by atoms with Gasteiger partial charge in [0.15, 0.2) is 0 Å². The Morgan fingerprint density at radius 1 is 0.970 bits per heavy atom. The molecule has 5 nitrogen and oxygen atoms in total. The number of aliphatic hydroxyl groups excluding tert-OH is 1. The first-order chi connectivity index (χ1) is 15.7. The normalized spacial score (nSPS) is 18.1. The number of rotatable bonds is 4. The SMILES string of the molecule is CCc1ccc(/C(O)=C2\C(=O)C(=O)N(c3ccc(C(C)(C)C)cc3)C2c2ccccn2)cc1. The van der Waals surface area contributed by atoms with Crippen LogP contribution < -0.4 is 4.90 Å². The molecule has 2 heterocycles. The van der Waals surface area contributed by atoms with Gasteiger partial charge in [-0.3, -0.25) is 19.5 Å². The number of benzene rings is 2. The highest BCUT2D eigenvalue weighted by Crippen LogP contribution is 2.41. The third-order valence-corrected chi connectivity index (χ3v) is 6.06. The van der Waals surface area contributed by atoms with Crippen molar-refractivity contribution < 1.29 is 14.7 Å². The van der Waals surface area contributed by atoms with E-state index < -0.39 is 17.7 Å². The van der Waals surface area contributed by atoms with Crippen molar-refractivity contribution in [2.45, 2.75) is 45.6 Å². The molecule has 1 fully saturated rings. The molecule has 0 saturated carbocycles. The lowest BCUT2D eigenvalue weighted by Gasteiger charge is -2.26. The van der Waals surface area contributed by atoms with E-state index in [1.165, 1.54) is 4.90 Å². The Hall–Kier alpha value is -3.73. The number of amides is 1. The topological polar surface area (TPSA) is 70.5 Å². The van der Waals surface area contributed by atoms with Crippen molar-refractivity contribution in [1.29, 1.82) is 0 Å². The molecule has 1 saturated heterocycles. The number of aliphatic hydroxyl groups is 1. The van der Waals surface area contributed by atoms with Crippen LogP contribution in [0.15, 0.2) is 78.5 Å². The van der Waals surface area contributed by atoms with Crippen LogP contribution in [0.2, 0.25) is 0 Å². The monoisotopic (exact) mass is 440 g/mol. The minimum atomic E-state index is -0.822. The first-order valence-electron chi connectivity index (χ1n) is 11.1. The molecule has 1 N–H and O–H groups in total. The maximum Gasteiger partial charge on any atom is 0.300 e. The number of anilines is 1. The Bertz CT molecular complexity index is 1200. The summed E-state index contributed by atoms with van der Waals surface area (Å²) in [6.45, 7) is 8.40. The predicted octanol–water partition coefficient (Wildman–Crippen LogP) is 5.57. The standard InChI is InChI=1S/C28H28N2O3/c1-5-18-9-11-19(12-10-18)25(31)23-24(22-8-6-7-17-29-22)30(27(33)26(23)32)21-15-13-20(14-16-21)28(2,3)4/h6-17,24,31H,5H2,1-4H3/b25-23+. The van der Waals surface area contributed by atoms with Gasteiger partial charge in [-0.1, -0.05) is 70.2 Å². The highest BCUT2D eigenvalue weighted by Gasteiger charge is 2.47. The van der Waals surface area contributed by atoms with Gasteiger partial charge in [-0.25, -0.2) is 0 Å². The highest BCUT2D eigenvalue weighted by atomic mass is 16.3. The molecule has 1 amide bonds. The van der Waals surface area contributed by atoms with Gasteiger partial charge in [-0.05, 0) is 47.2 Å². The van der Waals surface area contributed by atoms with Gasteiger partial charge in [-0.15, -0.1) is 0 Å². The Labute approximate surface area is 194 Å². The lowest BCUT2D eigenvalue weighted by molar-refractivity contribution is -0.132. The number of ketones is 1. The van der Waals surface area contributed by atoms with Crippen molar-refractivity contribution in [2.75, 3.05) is 4.90 Å². The van der Waals surface area contributed by atoms with Gasteiger partial charge in [0.2, 0.25) is 0 Å². The van der Waals surface area contributed by atoms with E-state index >= 15 is 0 Å². The van der Waals surface area contributed by atoms with Gasteiger partial charge >= 0.3 is 0 Å². The molecule has 0 spiro atoms. The molecular formula is C28H28N2O3. The maximum absolute atomic E-state index is 13.2. The fraction of sp³-hybridized carbons (Fsp3) is 0.250. The van der Waals surface area contributed by atoms with Crippen LogP contribution in [-0.4, -0.2) is 21.8 Å². The van der Waals surface area contributed by atoms with E-state index in [0.717, 1.165) is 17.5 Å². The van der Waals surface area contributed by atoms with E-state index in [1.54, 1.807) is 36.5 Å². The van der Waals surface area contributed by atoms with Crippen LogP contribution in [0.3, 0.4) is 0 Å². The Balaban J connectivity index is 1.87. The Morgan fingerprint density at radius 2 is 1.64 bits per heavy atom. The second kappa shape index (κ2) is 8.66. The fourth-order valence-corrected chi connectivity index (χ4v) is 4.09. The van der Waals surface area contributed by atoms with Crippen molar-refractivity contribution in [3.8, 4) is 0 Å². The van der Waals surface area contributed by atoms with Crippen LogP contribution in [0.4, 0.5) is 5.69 Å². The molecule has 2 aromatic carbocycles. The van der Waals surface area contributed by atoms with Crippen molar-refractivity contribution in [2.24, 2.45) is 0 Å². The molecule has 3 aromatic rings. The first-order valence-corrected chi connectivity index (χ1v) is 11.1. The third-order valence-electron chi connectivity index (χ3n) is 6.06. The lowest BCUT2D eigenvalue weighted by atomic mass is 9.87. The number of hydrogen-bond acceptors (Lipinski definition) is 4. The number of Topliss-reactive ketones (excluding diaryl/α,β-unsaturated/α-hetero) is 1. The average molecular weight is 441 g/mol. The maximum atomic E-state index is 13.2. The van der Waals surface area contributed by atoms with Gasteiger partial charge in [0.1, 0.15) is 11.8 Å². The molecule has 1 atom stereocenters. The molecule has 4 rings (SSSR count). The molecule has 1 unspecified atom stereocenters. The summed E-state index contributed by atoms with van der Waals surface area (Å²) in [6, 6.07) is 19.5. The molecule has 5 heteroatoms. The number of hydrogen-bond donors (Lipinski definition) is 1. The number of aromatic nitrogens is 1. The van der Waals surface area contributed by atoms with Crippen LogP contribution >= 0.6 is 0 Å². The Kier molecular flexibility index (Phi) is 5.90. The van der Waals surface area contributed by atoms with Crippen molar-refractivity contribution >= 4 is 23.1 Å². The van der Waals surface area contributed by atoms with Crippen LogP contribution in [-0.2, 0) is 21.4 Å². The van der Waals surface area contributed by atoms with E-state index in [4.69, 9.17) is 0 Å². The molecule has 0 bridgehead atoms. The average Bonchev–Trinajstić information content (AvgIpc) is 3.09. The van der Waals surface area contributed by atoms with Crippen molar-refractivity contribution in [3.63, 3.8) is 0 Å². The zero-order valence-corrected chi connectivity index (χ0v) is 19.4. The summed E-state index contributed by atoms with van der Waals surface area (Å²) in [7, 11) is 0. The fourth-order valence-electron chi connectivity index (χ4n) is 4.09. The minimum absolute atomic E-state index is 0.0439. The van der Waals surface area contributed by atoms with E-state index in [1.807, 2.05) is 43.3 Å². The molecular weight excluding hydrogens is 412 g/mol. The number of carbonyl (C=O) groups is 2. The van der Waals surface area contributed by atoms with E-state index in [2.05, 4.69) is 25.8 Å². The highest BCUT2D eigenvalue weighted by molar-refractivity contribution is 6.51. The molecule has 1 aliphatic heterocycles. The number of aryl methyl sites for hydroxylation is 1. The van der Waals surface area contributed by atoms with Crippen molar-refractivity contribution in [3.05, 3.63) is 101 Å². The Morgan fingerprint density at radius 3 is 2.18 bits per heavy atom. The van der Waals surface area contributed by atoms with Gasteiger partial charge in [0.25, 0.3) is 11.7 Å². The molecule has 1 aliphatic rings. The van der Waals surface area contributed by atoms with Gasteiger partial charge in [0.05, 0.1) is 11.3 Å². The number of carbonyl (C=O) groups excluding carboxylic acids is 2. The summed E-state index contributed by atoms with van der Waals surface area (Å²) >= 11 is 0. The number of pyridine rings is 1. The van der Waals surface area contributed by atoms with Crippen LogP contribution in [0.5, 0.6) is 0 Å². The van der Waals surface area contributed by atoms with Crippen LogP contribution in [0.1, 0.15) is 56.1 Å². The summed E-state index contributed by atoms with van der Waals surface area (Å²) in [4.78, 5) is 32.3. The van der Waals surface area contributed by atoms with Gasteiger partial charge < -0.3 is 5.11 Å². The second-order valence-electron chi connectivity index (χ2n) is 9.27. The van der Waals surface area contributed by atoms with E-state index in [9.17, 15) is 14.7 Å². The van der Waals surface area contributed by atoms with E-state index in [0.29, 0.717) is 16.9 Å². The van der Waals surface area contributed by atoms with Gasteiger partial charge in [-0.2, -0.15) is 0 Å². The summed E-state index contributed by atoms with van der Waals surface area (Å²) in [6.07, 6.45) is 2.48. The summed E-state index contributed by atoms with van der Waals surface area (Å²) in [5, 5.41) is 11.2. The molecule has 168 valence electrons. The minimum Gasteiger partial charge on any atom is -0.507 e. The zero-order chi connectivity index (χ0) is 23.8. The van der Waals surface area contributed by atoms with Crippen LogP contribution in [0.25, 0.3) is 5.76 Å². The second-order valence-corrected chi connectivity index (χ2v) is 9.27. The van der Waals surface area contributed by atoms with Gasteiger partial charge in [0, 0.05) is 17.4 Å². The summed E-state index contributed by atoms with van der Waals surface area (Å²) < 4.78 is 0. The molecule has 0 aliphatic carbocycles. The largest absolute Gasteiger partial charge is 0.507 e. The molecule has 0 radical (unpaired) electrons. The lowest BCUT2D eigenvalue weighted by Crippen LogP contribution is -2.30. The predicted molar refractivity (Wildman–Crippen MR) is 130 cm³/mol. The van der Waals surface area contributed by atoms with E-state index in [-0.39, 0.29) is 16.7 Å². The number of nitrogens with zero attached hydrogens (tertiary/aromatic N) is 2. The van der Waals surface area contributed by atoms with Crippen LogP contribution in [0, 0.1) is 0 Å².